The zero-order valence-electron chi connectivity index (χ0n) is 17.6. The highest BCUT2D eigenvalue weighted by Crippen LogP contribution is 2.34. The van der Waals surface area contributed by atoms with Gasteiger partial charge < -0.3 is 5.32 Å². The Morgan fingerprint density at radius 1 is 1.23 bits per heavy atom. The highest BCUT2D eigenvalue weighted by Gasteiger charge is 2.30. The minimum Gasteiger partial charge on any atom is -0.315 e. The Balaban J connectivity index is 1.55. The van der Waals surface area contributed by atoms with Crippen LogP contribution in [0.15, 0.2) is 48.1 Å². The number of pyridine rings is 1. The molecule has 0 unspecified atom stereocenters. The maximum Gasteiger partial charge on any atom is 0.259 e. The number of fused-ring (bicyclic) bond motifs is 1. The standard InChI is InChI=1S/C23H24N6OS/c1-15-14-31-20-9-11-25-22(21(15)20)29(19-4-3-10-24-12-19)23(30)17-5-7-18(8-6-17)28-13-16(2)26-27-28/h5-9,11,13-14,19,24H,3-4,10,12H2,1-2H3/t19-/m1/s1. The van der Waals surface area contributed by atoms with Crippen molar-refractivity contribution in [2.24, 2.45) is 0 Å². The van der Waals surface area contributed by atoms with Crippen LogP contribution in [0.1, 0.15) is 34.5 Å². The van der Waals surface area contributed by atoms with Crippen LogP contribution >= 0.6 is 11.3 Å². The Bertz CT molecular complexity index is 1220. The van der Waals surface area contributed by atoms with E-state index in [-0.39, 0.29) is 11.9 Å². The topological polar surface area (TPSA) is 75.9 Å². The third-order valence-electron chi connectivity index (χ3n) is 5.72. The summed E-state index contributed by atoms with van der Waals surface area (Å²) in [4.78, 5) is 20.4. The lowest BCUT2D eigenvalue weighted by molar-refractivity contribution is 0.0972. The van der Waals surface area contributed by atoms with Gasteiger partial charge in [-0.05, 0) is 74.5 Å². The first-order valence-corrected chi connectivity index (χ1v) is 11.4. The second kappa shape index (κ2) is 8.20. The SMILES string of the molecule is Cc1cn(-c2ccc(C(=O)N(c3nccc4scc(C)c34)[C@@H]3CCCNC3)cc2)nn1. The molecule has 0 radical (unpaired) electrons. The molecule has 4 aromatic rings. The number of thiophene rings is 1. The molecule has 158 valence electrons. The number of hydrogen-bond donors (Lipinski definition) is 1. The molecule has 7 nitrogen and oxygen atoms in total. The van der Waals surface area contributed by atoms with E-state index in [2.05, 4.69) is 27.9 Å². The molecule has 1 aliphatic heterocycles. The monoisotopic (exact) mass is 432 g/mol. The molecule has 1 saturated heterocycles. The van der Waals surface area contributed by atoms with Crippen molar-refractivity contribution in [1.29, 1.82) is 0 Å². The van der Waals surface area contributed by atoms with Crippen molar-refractivity contribution < 1.29 is 4.79 Å². The number of amides is 1. The first kappa shape index (κ1) is 19.8. The summed E-state index contributed by atoms with van der Waals surface area (Å²) < 4.78 is 2.87. The molecular weight excluding hydrogens is 408 g/mol. The van der Waals surface area contributed by atoms with Crippen LogP contribution in [0.3, 0.4) is 0 Å². The highest BCUT2D eigenvalue weighted by molar-refractivity contribution is 7.17. The maximum atomic E-state index is 13.8. The maximum absolute atomic E-state index is 13.8. The van der Waals surface area contributed by atoms with Gasteiger partial charge in [-0.1, -0.05) is 5.21 Å². The van der Waals surface area contributed by atoms with Gasteiger partial charge in [0.15, 0.2) is 0 Å². The van der Waals surface area contributed by atoms with Crippen LogP contribution in [0.25, 0.3) is 15.8 Å². The van der Waals surface area contributed by atoms with Crippen LogP contribution < -0.4 is 10.2 Å². The van der Waals surface area contributed by atoms with Gasteiger partial charge in [0.1, 0.15) is 5.82 Å². The summed E-state index contributed by atoms with van der Waals surface area (Å²) in [5.41, 5.74) is 3.51. The zero-order valence-corrected chi connectivity index (χ0v) is 18.4. The molecular formula is C23H24N6OS. The molecule has 0 bridgehead atoms. The molecule has 4 heterocycles. The van der Waals surface area contributed by atoms with Crippen molar-refractivity contribution >= 4 is 33.1 Å². The first-order chi connectivity index (χ1) is 15.1. The lowest BCUT2D eigenvalue weighted by atomic mass is 10.0. The van der Waals surface area contributed by atoms with E-state index in [1.807, 2.05) is 48.4 Å². The minimum atomic E-state index is -0.0272. The number of hydrogen-bond acceptors (Lipinski definition) is 6. The third-order valence-corrected chi connectivity index (χ3v) is 6.79. The number of carbonyl (C=O) groups excluding carboxylic acids is 1. The predicted molar refractivity (Wildman–Crippen MR) is 123 cm³/mol. The molecule has 0 spiro atoms. The molecule has 1 amide bonds. The number of benzene rings is 1. The largest absolute Gasteiger partial charge is 0.315 e. The van der Waals surface area contributed by atoms with Gasteiger partial charge in [-0.15, -0.1) is 16.4 Å². The van der Waals surface area contributed by atoms with Crippen LogP contribution in [0, 0.1) is 13.8 Å². The quantitative estimate of drug-likeness (QED) is 0.529. The Morgan fingerprint density at radius 2 is 2.06 bits per heavy atom. The number of carbonyl (C=O) groups is 1. The van der Waals surface area contributed by atoms with E-state index in [4.69, 9.17) is 4.98 Å². The average molecular weight is 433 g/mol. The number of rotatable bonds is 4. The smallest absolute Gasteiger partial charge is 0.259 e. The normalized spacial score (nSPS) is 16.5. The van der Waals surface area contributed by atoms with E-state index in [0.717, 1.165) is 58.8 Å². The second-order valence-electron chi connectivity index (χ2n) is 7.95. The Hall–Kier alpha value is -3.10. The van der Waals surface area contributed by atoms with Crippen LogP contribution in [0.5, 0.6) is 0 Å². The summed E-state index contributed by atoms with van der Waals surface area (Å²) in [6, 6.07) is 9.62. The van der Waals surface area contributed by atoms with Crippen molar-refractivity contribution in [1.82, 2.24) is 25.3 Å². The Morgan fingerprint density at radius 3 is 2.77 bits per heavy atom. The van der Waals surface area contributed by atoms with Crippen LogP contribution in [-0.2, 0) is 0 Å². The molecule has 0 saturated carbocycles. The van der Waals surface area contributed by atoms with Crippen molar-refractivity contribution in [3.05, 3.63) is 64.9 Å². The van der Waals surface area contributed by atoms with Gasteiger partial charge in [0.25, 0.3) is 5.91 Å². The summed E-state index contributed by atoms with van der Waals surface area (Å²) in [6.45, 7) is 5.74. The molecule has 1 N–H and O–H groups in total. The highest BCUT2D eigenvalue weighted by atomic mass is 32.1. The molecule has 8 heteroatoms. The van der Waals surface area contributed by atoms with Gasteiger partial charge in [-0.25, -0.2) is 9.67 Å². The van der Waals surface area contributed by atoms with Crippen LogP contribution in [-0.4, -0.2) is 45.0 Å². The summed E-state index contributed by atoms with van der Waals surface area (Å²) in [6.07, 6.45) is 5.66. The number of aromatic nitrogens is 4. The Labute approximate surface area is 184 Å². The fourth-order valence-corrected chi connectivity index (χ4v) is 5.09. The van der Waals surface area contributed by atoms with Crippen LogP contribution in [0.2, 0.25) is 0 Å². The van der Waals surface area contributed by atoms with E-state index in [1.54, 1.807) is 22.2 Å². The summed E-state index contributed by atoms with van der Waals surface area (Å²) in [5, 5.41) is 14.8. The van der Waals surface area contributed by atoms with Crippen LogP contribution in [0.4, 0.5) is 5.82 Å². The lowest BCUT2D eigenvalue weighted by Crippen LogP contribution is -2.49. The summed E-state index contributed by atoms with van der Waals surface area (Å²) in [7, 11) is 0. The van der Waals surface area contributed by atoms with Crippen molar-refractivity contribution in [3.63, 3.8) is 0 Å². The van der Waals surface area contributed by atoms with E-state index in [1.165, 1.54) is 0 Å². The van der Waals surface area contributed by atoms with E-state index < -0.39 is 0 Å². The first-order valence-electron chi connectivity index (χ1n) is 10.5. The number of anilines is 1. The van der Waals surface area contributed by atoms with Crippen molar-refractivity contribution in [2.75, 3.05) is 18.0 Å². The van der Waals surface area contributed by atoms with Gasteiger partial charge in [0.05, 0.1) is 23.6 Å². The van der Waals surface area contributed by atoms with Gasteiger partial charge >= 0.3 is 0 Å². The molecule has 1 aliphatic rings. The fourth-order valence-electron chi connectivity index (χ4n) is 4.15. The number of aryl methyl sites for hydroxylation is 2. The van der Waals surface area contributed by atoms with Gasteiger partial charge in [-0.2, -0.15) is 0 Å². The average Bonchev–Trinajstić information content (AvgIpc) is 3.41. The number of piperidine rings is 1. The Kier molecular flexibility index (Phi) is 5.25. The third kappa shape index (κ3) is 3.73. The predicted octanol–water partition coefficient (Wildman–Crippen LogP) is 3.89. The number of nitrogens with zero attached hydrogens (tertiary/aromatic N) is 5. The molecule has 31 heavy (non-hydrogen) atoms. The minimum absolute atomic E-state index is 0.0272. The van der Waals surface area contributed by atoms with Gasteiger partial charge in [0, 0.05) is 28.4 Å². The van der Waals surface area contributed by atoms with Crippen molar-refractivity contribution in [3.8, 4) is 5.69 Å². The lowest BCUT2D eigenvalue weighted by Gasteiger charge is -2.34. The second-order valence-corrected chi connectivity index (χ2v) is 8.86. The zero-order chi connectivity index (χ0) is 21.4. The molecule has 1 fully saturated rings. The number of nitrogens with one attached hydrogen (secondary N) is 1. The molecule has 0 aliphatic carbocycles. The summed E-state index contributed by atoms with van der Waals surface area (Å²) in [5.74, 6) is 0.728. The summed E-state index contributed by atoms with van der Waals surface area (Å²) >= 11 is 1.69. The van der Waals surface area contributed by atoms with E-state index in [0.29, 0.717) is 5.56 Å². The molecule has 3 aromatic heterocycles. The van der Waals surface area contributed by atoms with Crippen molar-refractivity contribution in [2.45, 2.75) is 32.7 Å². The van der Waals surface area contributed by atoms with E-state index >= 15 is 0 Å². The molecule has 5 rings (SSSR count). The van der Waals surface area contributed by atoms with Gasteiger partial charge in [-0.3, -0.25) is 9.69 Å². The van der Waals surface area contributed by atoms with Gasteiger partial charge in [0.2, 0.25) is 0 Å². The van der Waals surface area contributed by atoms with E-state index in [9.17, 15) is 4.79 Å². The molecule has 1 atom stereocenters. The molecule has 1 aromatic carbocycles. The fraction of sp³-hybridized carbons (Fsp3) is 0.304.